The van der Waals surface area contributed by atoms with Gasteiger partial charge in [0.1, 0.15) is 9.34 Å². The standard InChI is InChI=1S/C12H12BrClN2S/c1-8(9-2-4-10(13)5-3-9)15-7-12-16-6-11(14)17-12/h2-6,8,15H,7H2,1H3. The minimum atomic E-state index is 0.297. The van der Waals surface area contributed by atoms with Crippen LogP contribution in [-0.2, 0) is 6.54 Å². The van der Waals surface area contributed by atoms with Crippen molar-refractivity contribution in [3.05, 3.63) is 49.8 Å². The molecular weight excluding hydrogens is 320 g/mol. The lowest BCUT2D eigenvalue weighted by molar-refractivity contribution is 0.573. The molecule has 0 aliphatic heterocycles. The van der Waals surface area contributed by atoms with E-state index in [2.05, 4.69) is 45.3 Å². The summed E-state index contributed by atoms with van der Waals surface area (Å²) >= 11 is 10.8. The Balaban J connectivity index is 1.93. The summed E-state index contributed by atoms with van der Waals surface area (Å²) in [5.41, 5.74) is 1.26. The van der Waals surface area contributed by atoms with Crippen LogP contribution in [0.1, 0.15) is 23.5 Å². The number of benzene rings is 1. The van der Waals surface area contributed by atoms with Crippen molar-refractivity contribution in [3.8, 4) is 0 Å². The molecule has 2 rings (SSSR count). The Kier molecular flexibility index (Phi) is 4.56. The third-order valence-electron chi connectivity index (χ3n) is 2.45. The normalized spacial score (nSPS) is 12.6. The highest BCUT2D eigenvalue weighted by atomic mass is 79.9. The Morgan fingerprint density at radius 2 is 2.12 bits per heavy atom. The minimum absolute atomic E-state index is 0.297. The molecule has 1 unspecified atom stereocenters. The van der Waals surface area contributed by atoms with E-state index in [1.165, 1.54) is 16.9 Å². The first-order chi connectivity index (χ1) is 8.15. The van der Waals surface area contributed by atoms with Crippen LogP contribution in [0.15, 0.2) is 34.9 Å². The van der Waals surface area contributed by atoms with E-state index in [4.69, 9.17) is 11.6 Å². The molecule has 1 heterocycles. The van der Waals surface area contributed by atoms with Gasteiger partial charge >= 0.3 is 0 Å². The van der Waals surface area contributed by atoms with E-state index in [1.54, 1.807) is 6.20 Å². The second kappa shape index (κ2) is 5.96. The van der Waals surface area contributed by atoms with E-state index in [0.717, 1.165) is 20.4 Å². The van der Waals surface area contributed by atoms with Crippen molar-refractivity contribution in [3.63, 3.8) is 0 Å². The largest absolute Gasteiger partial charge is 0.304 e. The van der Waals surface area contributed by atoms with E-state index in [1.807, 2.05) is 12.1 Å². The van der Waals surface area contributed by atoms with Crippen LogP contribution in [0, 0.1) is 0 Å². The molecule has 90 valence electrons. The number of aromatic nitrogens is 1. The molecule has 0 aliphatic carbocycles. The van der Waals surface area contributed by atoms with Gasteiger partial charge in [0.15, 0.2) is 0 Å². The number of halogens is 2. The Morgan fingerprint density at radius 1 is 1.41 bits per heavy atom. The number of hydrogen-bond acceptors (Lipinski definition) is 3. The Hall–Kier alpha value is -0.420. The lowest BCUT2D eigenvalue weighted by Gasteiger charge is -2.13. The maximum absolute atomic E-state index is 5.83. The van der Waals surface area contributed by atoms with Crippen LogP contribution in [0.25, 0.3) is 0 Å². The average molecular weight is 332 g/mol. The molecule has 2 aromatic rings. The van der Waals surface area contributed by atoms with Gasteiger partial charge in [-0.2, -0.15) is 0 Å². The number of rotatable bonds is 4. The van der Waals surface area contributed by atoms with Gasteiger partial charge in [0.2, 0.25) is 0 Å². The van der Waals surface area contributed by atoms with E-state index >= 15 is 0 Å². The molecule has 1 N–H and O–H groups in total. The second-order valence-corrected chi connectivity index (χ2v) is 6.37. The summed E-state index contributed by atoms with van der Waals surface area (Å²) in [6, 6.07) is 8.61. The van der Waals surface area contributed by atoms with E-state index < -0.39 is 0 Å². The molecule has 0 aliphatic rings. The van der Waals surface area contributed by atoms with Gasteiger partial charge in [-0.25, -0.2) is 4.98 Å². The van der Waals surface area contributed by atoms with Gasteiger partial charge in [-0.05, 0) is 24.6 Å². The van der Waals surface area contributed by atoms with Crippen LogP contribution in [0.3, 0.4) is 0 Å². The molecule has 0 saturated heterocycles. The van der Waals surface area contributed by atoms with Crippen molar-refractivity contribution >= 4 is 38.9 Å². The number of nitrogens with zero attached hydrogens (tertiary/aromatic N) is 1. The summed E-state index contributed by atoms with van der Waals surface area (Å²) in [5, 5.41) is 4.43. The van der Waals surface area contributed by atoms with Crippen molar-refractivity contribution in [1.29, 1.82) is 0 Å². The maximum Gasteiger partial charge on any atom is 0.113 e. The summed E-state index contributed by atoms with van der Waals surface area (Å²) in [6.07, 6.45) is 1.69. The van der Waals surface area contributed by atoms with E-state index in [0.29, 0.717) is 6.04 Å². The van der Waals surface area contributed by atoms with Crippen LogP contribution in [-0.4, -0.2) is 4.98 Å². The van der Waals surface area contributed by atoms with Crippen molar-refractivity contribution in [2.24, 2.45) is 0 Å². The summed E-state index contributed by atoms with van der Waals surface area (Å²) in [7, 11) is 0. The maximum atomic E-state index is 5.83. The fourth-order valence-electron chi connectivity index (χ4n) is 1.48. The fourth-order valence-corrected chi connectivity index (χ4v) is 2.65. The summed E-state index contributed by atoms with van der Waals surface area (Å²) in [5.74, 6) is 0. The van der Waals surface area contributed by atoms with Gasteiger partial charge in [-0.3, -0.25) is 0 Å². The Bertz CT molecular complexity index is 484. The molecule has 0 saturated carbocycles. The van der Waals surface area contributed by atoms with Gasteiger partial charge in [-0.15, -0.1) is 11.3 Å². The smallest absolute Gasteiger partial charge is 0.113 e. The second-order valence-electron chi connectivity index (χ2n) is 3.71. The first-order valence-electron chi connectivity index (χ1n) is 5.24. The zero-order valence-electron chi connectivity index (χ0n) is 9.28. The molecule has 2 nitrogen and oxygen atoms in total. The third-order valence-corrected chi connectivity index (χ3v) is 4.10. The van der Waals surface area contributed by atoms with Gasteiger partial charge in [0.25, 0.3) is 0 Å². The molecule has 0 bridgehead atoms. The van der Waals surface area contributed by atoms with Gasteiger partial charge < -0.3 is 5.32 Å². The zero-order chi connectivity index (χ0) is 12.3. The van der Waals surface area contributed by atoms with Crippen molar-refractivity contribution in [2.75, 3.05) is 0 Å². The average Bonchev–Trinajstić information content (AvgIpc) is 2.73. The summed E-state index contributed by atoms with van der Waals surface area (Å²) in [4.78, 5) is 4.21. The molecule has 0 fully saturated rings. The third kappa shape index (κ3) is 3.78. The van der Waals surface area contributed by atoms with Crippen LogP contribution < -0.4 is 5.32 Å². The zero-order valence-corrected chi connectivity index (χ0v) is 12.4. The van der Waals surface area contributed by atoms with Gasteiger partial charge in [0, 0.05) is 17.1 Å². The Labute approximate surface area is 118 Å². The summed E-state index contributed by atoms with van der Waals surface area (Å²) < 4.78 is 1.83. The van der Waals surface area contributed by atoms with Crippen LogP contribution in [0.2, 0.25) is 4.34 Å². The predicted molar refractivity (Wildman–Crippen MR) is 76.5 cm³/mol. The quantitative estimate of drug-likeness (QED) is 0.897. The molecule has 1 aromatic heterocycles. The minimum Gasteiger partial charge on any atom is -0.304 e. The van der Waals surface area contributed by atoms with Crippen molar-refractivity contribution in [1.82, 2.24) is 10.3 Å². The number of nitrogens with one attached hydrogen (secondary N) is 1. The first-order valence-corrected chi connectivity index (χ1v) is 7.23. The SMILES string of the molecule is CC(NCc1ncc(Cl)s1)c1ccc(Br)cc1. The molecule has 0 spiro atoms. The molecule has 1 aromatic carbocycles. The Morgan fingerprint density at radius 3 is 2.71 bits per heavy atom. The van der Waals surface area contributed by atoms with Crippen LogP contribution >= 0.6 is 38.9 Å². The lowest BCUT2D eigenvalue weighted by atomic mass is 10.1. The highest BCUT2D eigenvalue weighted by molar-refractivity contribution is 9.10. The fraction of sp³-hybridized carbons (Fsp3) is 0.250. The molecule has 17 heavy (non-hydrogen) atoms. The van der Waals surface area contributed by atoms with Crippen molar-refractivity contribution < 1.29 is 0 Å². The van der Waals surface area contributed by atoms with E-state index in [9.17, 15) is 0 Å². The molecule has 0 radical (unpaired) electrons. The van der Waals surface area contributed by atoms with E-state index in [-0.39, 0.29) is 0 Å². The van der Waals surface area contributed by atoms with Gasteiger partial charge in [0.05, 0.1) is 6.20 Å². The topological polar surface area (TPSA) is 24.9 Å². The van der Waals surface area contributed by atoms with Crippen molar-refractivity contribution in [2.45, 2.75) is 19.5 Å². The molecule has 0 amide bonds. The molecule has 1 atom stereocenters. The number of hydrogen-bond donors (Lipinski definition) is 1. The molecule has 5 heteroatoms. The molecular formula is C12H12BrClN2S. The summed E-state index contributed by atoms with van der Waals surface area (Å²) in [6.45, 7) is 2.88. The number of thiazole rings is 1. The first kappa shape index (κ1) is 13.0. The van der Waals surface area contributed by atoms with Crippen LogP contribution in [0.5, 0.6) is 0 Å². The highest BCUT2D eigenvalue weighted by Gasteiger charge is 2.06. The predicted octanol–water partition coefficient (Wildman–Crippen LogP) is 4.41. The lowest BCUT2D eigenvalue weighted by Crippen LogP contribution is -2.17. The van der Waals surface area contributed by atoms with Gasteiger partial charge in [-0.1, -0.05) is 39.7 Å². The van der Waals surface area contributed by atoms with Crippen LogP contribution in [0.4, 0.5) is 0 Å². The monoisotopic (exact) mass is 330 g/mol. The highest BCUT2D eigenvalue weighted by Crippen LogP contribution is 2.20.